The van der Waals surface area contributed by atoms with Crippen molar-refractivity contribution >= 4 is 28.5 Å². The van der Waals surface area contributed by atoms with E-state index in [0.717, 1.165) is 22.4 Å². The van der Waals surface area contributed by atoms with E-state index in [4.69, 9.17) is 10.1 Å². The van der Waals surface area contributed by atoms with E-state index in [1.807, 2.05) is 67.9 Å². The van der Waals surface area contributed by atoms with Gasteiger partial charge in [0, 0.05) is 41.4 Å². The predicted molar refractivity (Wildman–Crippen MR) is 142 cm³/mol. The number of rotatable bonds is 4. The van der Waals surface area contributed by atoms with E-state index in [0.29, 0.717) is 40.9 Å². The van der Waals surface area contributed by atoms with Gasteiger partial charge in [-0.3, -0.25) is 4.90 Å². The van der Waals surface area contributed by atoms with E-state index in [9.17, 15) is 14.3 Å². The third kappa shape index (κ3) is 4.19. The van der Waals surface area contributed by atoms with Gasteiger partial charge in [0.15, 0.2) is 0 Å². The maximum Gasteiger partial charge on any atom is 0.336 e. The number of likely N-dealkylation sites (N-methyl/N-ethyl adjacent to an activating group) is 1. The van der Waals surface area contributed by atoms with Crippen LogP contribution in [-0.2, 0) is 6.54 Å². The summed E-state index contributed by atoms with van der Waals surface area (Å²) >= 11 is 0. The van der Waals surface area contributed by atoms with Gasteiger partial charge >= 0.3 is 5.97 Å². The largest absolute Gasteiger partial charge is 0.478 e. The zero-order chi connectivity index (χ0) is 25.5. The Labute approximate surface area is 212 Å². The van der Waals surface area contributed by atoms with Crippen LogP contribution in [0.1, 0.15) is 27.2 Å². The molecule has 37 heavy (non-hydrogen) atoms. The Morgan fingerprint density at radius 1 is 0.946 bits per heavy atom. The number of aromatic carboxylic acids is 1. The van der Waals surface area contributed by atoms with Crippen molar-refractivity contribution < 1.29 is 14.3 Å². The molecule has 7 heteroatoms. The molecule has 2 aromatic heterocycles. The summed E-state index contributed by atoms with van der Waals surface area (Å²) in [7, 11) is 1.96. The number of nitrogens with zero attached hydrogens (tertiary/aromatic N) is 4. The summed E-state index contributed by atoms with van der Waals surface area (Å²) in [5.41, 5.74) is 6.43. The zero-order valence-electron chi connectivity index (χ0n) is 20.1. The van der Waals surface area contributed by atoms with Crippen LogP contribution in [0.15, 0.2) is 85.1 Å². The number of carboxylic acid groups (broad SMARTS) is 1. The first-order valence-electron chi connectivity index (χ1n) is 11.9. The molecular weight excluding hydrogens is 467 g/mol. The van der Waals surface area contributed by atoms with Crippen molar-refractivity contribution in [2.45, 2.75) is 6.54 Å². The summed E-state index contributed by atoms with van der Waals surface area (Å²) in [4.78, 5) is 19.4. The summed E-state index contributed by atoms with van der Waals surface area (Å²) in [6.45, 7) is 1.08. The normalized spacial score (nSPS) is 14.7. The average molecular weight is 491 g/mol. The third-order valence-electron chi connectivity index (χ3n) is 6.59. The van der Waals surface area contributed by atoms with Gasteiger partial charge in [0.05, 0.1) is 28.2 Å². The van der Waals surface area contributed by atoms with Gasteiger partial charge in [0.2, 0.25) is 0 Å². The van der Waals surface area contributed by atoms with Crippen LogP contribution in [0.2, 0.25) is 0 Å². The van der Waals surface area contributed by atoms with Crippen molar-refractivity contribution in [3.05, 3.63) is 113 Å². The highest BCUT2D eigenvalue weighted by molar-refractivity contribution is 6.06. The summed E-state index contributed by atoms with van der Waals surface area (Å²) in [5.74, 6) is -1.28. The lowest BCUT2D eigenvalue weighted by Gasteiger charge is -2.28. The molecule has 0 radical (unpaired) electrons. The number of aromatic nitrogens is 3. The summed E-state index contributed by atoms with van der Waals surface area (Å²) in [6, 6.07) is 23.4. The van der Waals surface area contributed by atoms with Crippen LogP contribution in [0.5, 0.6) is 0 Å². The van der Waals surface area contributed by atoms with E-state index < -0.39 is 5.97 Å². The standard InChI is InChI=1S/C30H23FN4O2/c1-34-16-20(29-25(18-34)27(30(36)37)24-9-5-6-10-26(24)32-29)15-21-17-35(23-7-3-2-4-8-23)33-28(21)19-11-13-22(31)14-12-19/h2-15,17H,16,18H2,1H3,(H,36,37)/b20-15-. The number of halogens is 1. The Balaban J connectivity index is 1.58. The SMILES string of the molecule is CN1C/C(=C/c2cn(-c3ccccc3)nc2-c2ccc(F)cc2)c2nc3ccccc3c(C(=O)O)c2C1. The number of hydrogen-bond donors (Lipinski definition) is 1. The van der Waals surface area contributed by atoms with Crippen molar-refractivity contribution in [1.82, 2.24) is 19.7 Å². The van der Waals surface area contributed by atoms with Crippen LogP contribution in [0, 0.1) is 5.82 Å². The monoisotopic (exact) mass is 490 g/mol. The molecule has 1 N–H and O–H groups in total. The molecule has 6 rings (SSSR count). The molecule has 0 saturated heterocycles. The van der Waals surface area contributed by atoms with Gasteiger partial charge in [-0.1, -0.05) is 36.4 Å². The highest BCUT2D eigenvalue weighted by atomic mass is 19.1. The predicted octanol–water partition coefficient (Wildman–Crippen LogP) is 5.91. The quantitative estimate of drug-likeness (QED) is 0.339. The number of fused-ring (bicyclic) bond motifs is 2. The third-order valence-corrected chi connectivity index (χ3v) is 6.59. The molecule has 1 aliphatic rings. The molecule has 0 fully saturated rings. The number of pyridine rings is 1. The lowest BCUT2D eigenvalue weighted by atomic mass is 9.92. The summed E-state index contributed by atoms with van der Waals surface area (Å²) in [6.07, 6.45) is 3.96. The van der Waals surface area contributed by atoms with Gasteiger partial charge in [-0.25, -0.2) is 18.9 Å². The van der Waals surface area contributed by atoms with E-state index in [1.165, 1.54) is 12.1 Å². The molecule has 0 amide bonds. The molecule has 0 atom stereocenters. The highest BCUT2D eigenvalue weighted by Crippen LogP contribution is 2.35. The van der Waals surface area contributed by atoms with Crippen LogP contribution in [0.25, 0.3) is 39.5 Å². The zero-order valence-corrected chi connectivity index (χ0v) is 20.1. The second kappa shape index (κ2) is 9.11. The first kappa shape index (κ1) is 22.8. The topological polar surface area (TPSA) is 71.2 Å². The molecule has 3 heterocycles. The Hall–Kier alpha value is -4.62. The van der Waals surface area contributed by atoms with Gasteiger partial charge in [0.25, 0.3) is 0 Å². The lowest BCUT2D eigenvalue weighted by Crippen LogP contribution is -2.28. The van der Waals surface area contributed by atoms with E-state index >= 15 is 0 Å². The van der Waals surface area contributed by atoms with E-state index in [1.54, 1.807) is 22.9 Å². The van der Waals surface area contributed by atoms with Crippen molar-refractivity contribution in [3.8, 4) is 16.9 Å². The average Bonchev–Trinajstić information content (AvgIpc) is 3.32. The Kier molecular flexibility index (Phi) is 5.62. The molecule has 0 unspecified atom stereocenters. The van der Waals surface area contributed by atoms with Gasteiger partial charge in [-0.15, -0.1) is 0 Å². The van der Waals surface area contributed by atoms with Crippen LogP contribution in [0.3, 0.4) is 0 Å². The molecule has 0 bridgehead atoms. The fraction of sp³-hybridized carbons (Fsp3) is 0.100. The van der Waals surface area contributed by atoms with Crippen LogP contribution in [0.4, 0.5) is 4.39 Å². The summed E-state index contributed by atoms with van der Waals surface area (Å²) < 4.78 is 15.5. The number of carboxylic acids is 1. The van der Waals surface area contributed by atoms with Gasteiger partial charge in [-0.05, 0) is 61.2 Å². The molecule has 0 spiro atoms. The number of benzene rings is 3. The van der Waals surface area contributed by atoms with Crippen LogP contribution < -0.4 is 0 Å². The van der Waals surface area contributed by atoms with Gasteiger partial charge in [0.1, 0.15) is 5.82 Å². The van der Waals surface area contributed by atoms with Crippen molar-refractivity contribution in [1.29, 1.82) is 0 Å². The molecular formula is C30H23FN4O2. The van der Waals surface area contributed by atoms with Crippen molar-refractivity contribution in [2.24, 2.45) is 0 Å². The molecule has 0 saturated carbocycles. The van der Waals surface area contributed by atoms with Gasteiger partial charge in [-0.2, -0.15) is 5.10 Å². The molecule has 182 valence electrons. The smallest absolute Gasteiger partial charge is 0.336 e. The first-order valence-corrected chi connectivity index (χ1v) is 11.9. The number of hydrogen-bond acceptors (Lipinski definition) is 4. The molecule has 6 nitrogen and oxygen atoms in total. The lowest BCUT2D eigenvalue weighted by molar-refractivity contribution is 0.0696. The number of para-hydroxylation sites is 2. The Bertz CT molecular complexity index is 1670. The minimum absolute atomic E-state index is 0.289. The maximum absolute atomic E-state index is 13.7. The molecule has 3 aromatic carbocycles. The minimum atomic E-state index is -0.964. The summed E-state index contributed by atoms with van der Waals surface area (Å²) in [5, 5.41) is 15.6. The second-order valence-electron chi connectivity index (χ2n) is 9.20. The number of carbonyl (C=O) groups is 1. The molecule has 1 aliphatic heterocycles. The Morgan fingerprint density at radius 2 is 1.68 bits per heavy atom. The van der Waals surface area contributed by atoms with E-state index in [2.05, 4.69) is 4.90 Å². The Morgan fingerprint density at radius 3 is 2.43 bits per heavy atom. The maximum atomic E-state index is 13.7. The molecule has 0 aliphatic carbocycles. The highest BCUT2D eigenvalue weighted by Gasteiger charge is 2.27. The fourth-order valence-electron chi connectivity index (χ4n) is 4.95. The van der Waals surface area contributed by atoms with E-state index in [-0.39, 0.29) is 11.4 Å². The van der Waals surface area contributed by atoms with Crippen molar-refractivity contribution in [3.63, 3.8) is 0 Å². The minimum Gasteiger partial charge on any atom is -0.478 e. The molecule has 5 aromatic rings. The first-order chi connectivity index (χ1) is 18.0. The van der Waals surface area contributed by atoms with Crippen LogP contribution >= 0.6 is 0 Å². The second-order valence-corrected chi connectivity index (χ2v) is 9.20. The van der Waals surface area contributed by atoms with Crippen molar-refractivity contribution in [2.75, 3.05) is 13.6 Å². The fourth-order valence-corrected chi connectivity index (χ4v) is 4.95. The van der Waals surface area contributed by atoms with Crippen LogP contribution in [-0.4, -0.2) is 44.3 Å². The van der Waals surface area contributed by atoms with Gasteiger partial charge < -0.3 is 5.11 Å².